The molecule has 1 aliphatic rings. The Morgan fingerprint density at radius 2 is 2.43 bits per heavy atom. The van der Waals surface area contributed by atoms with E-state index in [1.807, 2.05) is 0 Å². The molecule has 2 rings (SSSR count). The van der Waals surface area contributed by atoms with Gasteiger partial charge in [-0.1, -0.05) is 0 Å². The summed E-state index contributed by atoms with van der Waals surface area (Å²) in [5.74, 6) is 0.621. The number of aryl methyl sites for hydroxylation is 1. The molecule has 76 valence electrons. The van der Waals surface area contributed by atoms with E-state index in [4.69, 9.17) is 5.73 Å². The van der Waals surface area contributed by atoms with Gasteiger partial charge in [0.2, 0.25) is 0 Å². The number of rotatable bonds is 3. The number of aromatic nitrogens is 2. The van der Waals surface area contributed by atoms with Crippen molar-refractivity contribution >= 4 is 0 Å². The van der Waals surface area contributed by atoms with Crippen LogP contribution in [0.4, 0.5) is 0 Å². The zero-order chi connectivity index (χ0) is 10.1. The second-order valence-electron chi connectivity index (χ2n) is 3.97. The maximum atomic E-state index is 11.6. The molecule has 0 aliphatic heterocycles. The fraction of sp³-hybridized carbons (Fsp3) is 0.600. The van der Waals surface area contributed by atoms with Crippen LogP contribution in [0, 0.1) is 12.8 Å². The third-order valence-electron chi connectivity index (χ3n) is 2.72. The Labute approximate surface area is 82.8 Å². The van der Waals surface area contributed by atoms with Crippen LogP contribution in [0.5, 0.6) is 0 Å². The van der Waals surface area contributed by atoms with Gasteiger partial charge in [0.25, 0.3) is 5.56 Å². The first-order valence-electron chi connectivity index (χ1n) is 4.96. The van der Waals surface area contributed by atoms with Crippen molar-refractivity contribution in [2.45, 2.75) is 32.4 Å². The van der Waals surface area contributed by atoms with Gasteiger partial charge in [-0.3, -0.25) is 9.78 Å². The standard InChI is InChI=1S/C10H15N3O/c1-7-10(14)13(5-4-12-7)6-9(11)8-2-3-8/h4-5,8-9H,2-3,6,11H2,1H3. The molecule has 1 aromatic rings. The predicted octanol–water partition coefficient (Wildman–Crippen LogP) is 0.289. The summed E-state index contributed by atoms with van der Waals surface area (Å²) in [4.78, 5) is 15.5. The van der Waals surface area contributed by atoms with Gasteiger partial charge >= 0.3 is 0 Å². The number of nitrogens with zero attached hydrogens (tertiary/aromatic N) is 2. The third kappa shape index (κ3) is 1.85. The van der Waals surface area contributed by atoms with Crippen molar-refractivity contribution in [2.24, 2.45) is 11.7 Å². The monoisotopic (exact) mass is 193 g/mol. The van der Waals surface area contributed by atoms with Gasteiger partial charge < -0.3 is 10.3 Å². The molecule has 4 heteroatoms. The van der Waals surface area contributed by atoms with Crippen LogP contribution in [0.25, 0.3) is 0 Å². The summed E-state index contributed by atoms with van der Waals surface area (Å²) < 4.78 is 1.66. The van der Waals surface area contributed by atoms with E-state index in [1.165, 1.54) is 12.8 Å². The molecule has 0 amide bonds. The molecule has 1 atom stereocenters. The van der Waals surface area contributed by atoms with Crippen LogP contribution < -0.4 is 11.3 Å². The average molecular weight is 193 g/mol. The summed E-state index contributed by atoms with van der Waals surface area (Å²) in [5.41, 5.74) is 6.46. The highest BCUT2D eigenvalue weighted by atomic mass is 16.1. The molecular weight excluding hydrogens is 178 g/mol. The maximum Gasteiger partial charge on any atom is 0.271 e. The summed E-state index contributed by atoms with van der Waals surface area (Å²) in [6.07, 6.45) is 5.77. The van der Waals surface area contributed by atoms with Gasteiger partial charge in [-0.15, -0.1) is 0 Å². The lowest BCUT2D eigenvalue weighted by Gasteiger charge is -2.12. The minimum atomic E-state index is -0.0244. The molecule has 0 saturated heterocycles. The predicted molar refractivity (Wildman–Crippen MR) is 53.9 cm³/mol. The molecule has 2 N–H and O–H groups in total. The fourth-order valence-corrected chi connectivity index (χ4v) is 1.60. The molecule has 1 fully saturated rings. The topological polar surface area (TPSA) is 60.9 Å². The highest BCUT2D eigenvalue weighted by molar-refractivity contribution is 4.95. The molecule has 4 nitrogen and oxygen atoms in total. The zero-order valence-corrected chi connectivity index (χ0v) is 8.31. The van der Waals surface area contributed by atoms with Crippen LogP contribution >= 0.6 is 0 Å². The van der Waals surface area contributed by atoms with E-state index in [-0.39, 0.29) is 11.6 Å². The Hall–Kier alpha value is -1.16. The summed E-state index contributed by atoms with van der Waals surface area (Å²) in [6, 6.07) is 0.120. The first-order chi connectivity index (χ1) is 6.68. The van der Waals surface area contributed by atoms with E-state index >= 15 is 0 Å². The molecule has 1 unspecified atom stereocenters. The van der Waals surface area contributed by atoms with Crippen molar-refractivity contribution < 1.29 is 0 Å². The highest BCUT2D eigenvalue weighted by Crippen LogP contribution is 2.31. The first-order valence-corrected chi connectivity index (χ1v) is 4.96. The molecule has 1 heterocycles. The molecule has 1 saturated carbocycles. The molecule has 0 spiro atoms. The summed E-state index contributed by atoms with van der Waals surface area (Å²) >= 11 is 0. The van der Waals surface area contributed by atoms with Crippen molar-refractivity contribution in [3.8, 4) is 0 Å². The van der Waals surface area contributed by atoms with Crippen LogP contribution in [0.1, 0.15) is 18.5 Å². The van der Waals surface area contributed by atoms with Crippen LogP contribution in [0.15, 0.2) is 17.2 Å². The van der Waals surface area contributed by atoms with E-state index in [1.54, 1.807) is 23.9 Å². The largest absolute Gasteiger partial charge is 0.326 e. The third-order valence-corrected chi connectivity index (χ3v) is 2.72. The van der Waals surface area contributed by atoms with Gasteiger partial charge in [0.15, 0.2) is 0 Å². The molecule has 0 radical (unpaired) electrons. The Morgan fingerprint density at radius 3 is 3.07 bits per heavy atom. The second kappa shape index (κ2) is 3.53. The van der Waals surface area contributed by atoms with Crippen LogP contribution in [0.2, 0.25) is 0 Å². The lowest BCUT2D eigenvalue weighted by Crippen LogP contribution is -2.34. The SMILES string of the molecule is Cc1nccn(CC(N)C2CC2)c1=O. The Kier molecular flexibility index (Phi) is 2.37. The quantitative estimate of drug-likeness (QED) is 0.750. The Morgan fingerprint density at radius 1 is 1.71 bits per heavy atom. The summed E-state index contributed by atoms with van der Waals surface area (Å²) in [5, 5.41) is 0. The second-order valence-corrected chi connectivity index (χ2v) is 3.97. The van der Waals surface area contributed by atoms with Gasteiger partial charge in [-0.25, -0.2) is 0 Å². The van der Waals surface area contributed by atoms with E-state index in [9.17, 15) is 4.79 Å². The van der Waals surface area contributed by atoms with E-state index in [2.05, 4.69) is 4.98 Å². The summed E-state index contributed by atoms with van der Waals surface area (Å²) in [7, 11) is 0. The zero-order valence-electron chi connectivity index (χ0n) is 8.31. The number of hydrogen-bond donors (Lipinski definition) is 1. The normalized spacial score (nSPS) is 18.1. The first kappa shape index (κ1) is 9.40. The lowest BCUT2D eigenvalue weighted by atomic mass is 10.2. The lowest BCUT2D eigenvalue weighted by molar-refractivity contribution is 0.490. The molecular formula is C10H15N3O. The van der Waals surface area contributed by atoms with Crippen LogP contribution in [-0.2, 0) is 6.54 Å². The summed E-state index contributed by atoms with van der Waals surface area (Å²) in [6.45, 7) is 2.34. The molecule has 14 heavy (non-hydrogen) atoms. The Balaban J connectivity index is 2.15. The van der Waals surface area contributed by atoms with Crippen molar-refractivity contribution in [1.29, 1.82) is 0 Å². The van der Waals surface area contributed by atoms with Gasteiger partial charge in [0, 0.05) is 25.0 Å². The maximum absolute atomic E-state index is 11.6. The molecule has 1 aliphatic carbocycles. The van der Waals surface area contributed by atoms with Gasteiger partial charge in [0.1, 0.15) is 5.69 Å². The van der Waals surface area contributed by atoms with Crippen molar-refractivity contribution in [3.05, 3.63) is 28.4 Å². The van der Waals surface area contributed by atoms with Crippen molar-refractivity contribution in [1.82, 2.24) is 9.55 Å². The minimum absolute atomic E-state index is 0.0244. The van der Waals surface area contributed by atoms with Gasteiger partial charge in [0.05, 0.1) is 0 Å². The van der Waals surface area contributed by atoms with Gasteiger partial charge in [-0.2, -0.15) is 0 Å². The smallest absolute Gasteiger partial charge is 0.271 e. The van der Waals surface area contributed by atoms with Gasteiger partial charge in [-0.05, 0) is 25.7 Å². The minimum Gasteiger partial charge on any atom is -0.326 e. The number of hydrogen-bond acceptors (Lipinski definition) is 3. The number of nitrogens with two attached hydrogens (primary N) is 1. The van der Waals surface area contributed by atoms with Crippen molar-refractivity contribution in [2.75, 3.05) is 0 Å². The van der Waals surface area contributed by atoms with E-state index < -0.39 is 0 Å². The van der Waals surface area contributed by atoms with Crippen LogP contribution in [-0.4, -0.2) is 15.6 Å². The molecule has 0 bridgehead atoms. The highest BCUT2D eigenvalue weighted by Gasteiger charge is 2.28. The van der Waals surface area contributed by atoms with Crippen molar-refractivity contribution in [3.63, 3.8) is 0 Å². The average Bonchev–Trinajstić information content (AvgIpc) is 2.95. The van der Waals surface area contributed by atoms with Crippen LogP contribution in [0.3, 0.4) is 0 Å². The van der Waals surface area contributed by atoms with E-state index in [0.717, 1.165) is 0 Å². The van der Waals surface area contributed by atoms with E-state index in [0.29, 0.717) is 18.2 Å². The molecule has 1 aromatic heterocycles. The fourth-order valence-electron chi connectivity index (χ4n) is 1.60. The molecule has 0 aromatic carbocycles. The Bertz CT molecular complexity index is 381.